The van der Waals surface area contributed by atoms with Gasteiger partial charge in [-0.25, -0.2) is 4.79 Å². The highest BCUT2D eigenvalue weighted by atomic mass is 16.5. The Balaban J connectivity index is 2.07. The molecule has 0 aliphatic heterocycles. The average molecular weight is 475 g/mol. The Labute approximate surface area is 210 Å². The molecule has 0 bridgehead atoms. The summed E-state index contributed by atoms with van der Waals surface area (Å²) in [5.74, 6) is 1.06. The molecule has 0 N–H and O–H groups in total. The Morgan fingerprint density at radius 2 is 1.69 bits per heavy atom. The van der Waals surface area contributed by atoms with Gasteiger partial charge in [0.1, 0.15) is 11.5 Å². The molecule has 1 aliphatic carbocycles. The standard InChI is InChI=1S/C31H38O4/c1-7-8-9-10-23-18-28(34-6)30(27-17-21(4)11-16-26(27)20(2)3)29(19-23)35-31(33)25-14-12-24(13-15-25)22(5)32/h12-15,17-19,26-27H,2,7-11,16H2,1,3-6H3/t26-,27+/m0/s1. The smallest absolute Gasteiger partial charge is 0.343 e. The van der Waals surface area contributed by atoms with Crippen LogP contribution >= 0.6 is 0 Å². The fourth-order valence-corrected chi connectivity index (χ4v) is 4.87. The summed E-state index contributed by atoms with van der Waals surface area (Å²) in [6.45, 7) is 12.2. The van der Waals surface area contributed by atoms with Crippen molar-refractivity contribution in [3.8, 4) is 11.5 Å². The fourth-order valence-electron chi connectivity index (χ4n) is 4.87. The summed E-state index contributed by atoms with van der Waals surface area (Å²) < 4.78 is 12.0. The lowest BCUT2D eigenvalue weighted by Gasteiger charge is -2.32. The van der Waals surface area contributed by atoms with Crippen LogP contribution < -0.4 is 9.47 Å². The Hall–Kier alpha value is -3.14. The van der Waals surface area contributed by atoms with Crippen LogP contribution in [0.15, 0.2) is 60.2 Å². The van der Waals surface area contributed by atoms with Gasteiger partial charge in [0, 0.05) is 17.0 Å². The molecule has 186 valence electrons. The molecule has 0 amide bonds. The van der Waals surface area contributed by atoms with Gasteiger partial charge >= 0.3 is 5.97 Å². The molecule has 0 unspecified atom stereocenters. The number of benzene rings is 2. The van der Waals surface area contributed by atoms with Crippen molar-refractivity contribution < 1.29 is 19.1 Å². The third-order valence-electron chi connectivity index (χ3n) is 6.90. The quantitative estimate of drug-likeness (QED) is 0.116. The molecular weight excluding hydrogens is 436 g/mol. The summed E-state index contributed by atoms with van der Waals surface area (Å²) in [4.78, 5) is 24.8. The minimum absolute atomic E-state index is 0.0174. The number of ether oxygens (including phenoxy) is 2. The topological polar surface area (TPSA) is 52.6 Å². The predicted molar refractivity (Wildman–Crippen MR) is 142 cm³/mol. The number of ketones is 1. The van der Waals surface area contributed by atoms with E-state index in [2.05, 4.69) is 39.5 Å². The van der Waals surface area contributed by atoms with E-state index in [9.17, 15) is 9.59 Å². The van der Waals surface area contributed by atoms with Crippen LogP contribution in [0.5, 0.6) is 11.5 Å². The zero-order valence-electron chi connectivity index (χ0n) is 21.8. The summed E-state index contributed by atoms with van der Waals surface area (Å²) in [6.07, 6.45) is 8.55. The van der Waals surface area contributed by atoms with E-state index in [4.69, 9.17) is 9.47 Å². The summed E-state index contributed by atoms with van der Waals surface area (Å²) in [5.41, 5.74) is 5.39. The monoisotopic (exact) mass is 474 g/mol. The van der Waals surface area contributed by atoms with Crippen LogP contribution in [0, 0.1) is 5.92 Å². The molecule has 0 radical (unpaired) electrons. The van der Waals surface area contributed by atoms with Crippen molar-refractivity contribution in [2.24, 2.45) is 5.92 Å². The van der Waals surface area contributed by atoms with Crippen molar-refractivity contribution in [1.82, 2.24) is 0 Å². The van der Waals surface area contributed by atoms with Crippen LogP contribution in [0.2, 0.25) is 0 Å². The normalized spacial score (nSPS) is 17.5. The number of carbonyl (C=O) groups excluding carboxylic acids is 2. The molecule has 2 atom stereocenters. The average Bonchev–Trinajstić information content (AvgIpc) is 2.83. The van der Waals surface area contributed by atoms with Crippen LogP contribution in [-0.4, -0.2) is 18.9 Å². The minimum Gasteiger partial charge on any atom is -0.496 e. The largest absolute Gasteiger partial charge is 0.496 e. The Kier molecular flexibility index (Phi) is 9.08. The van der Waals surface area contributed by atoms with Crippen molar-refractivity contribution in [2.75, 3.05) is 7.11 Å². The highest BCUT2D eigenvalue weighted by Gasteiger charge is 2.32. The Morgan fingerprint density at radius 3 is 2.29 bits per heavy atom. The number of rotatable bonds is 10. The van der Waals surface area contributed by atoms with E-state index in [0.29, 0.717) is 16.9 Å². The van der Waals surface area contributed by atoms with E-state index in [1.807, 2.05) is 6.07 Å². The minimum atomic E-state index is -0.447. The first-order valence-corrected chi connectivity index (χ1v) is 12.6. The van der Waals surface area contributed by atoms with Crippen LogP contribution in [-0.2, 0) is 6.42 Å². The van der Waals surface area contributed by atoms with Gasteiger partial charge in [-0.05, 0) is 82.2 Å². The predicted octanol–water partition coefficient (Wildman–Crippen LogP) is 7.87. The van der Waals surface area contributed by atoms with Crippen LogP contribution in [0.25, 0.3) is 0 Å². The first-order valence-electron chi connectivity index (χ1n) is 12.6. The molecule has 0 fully saturated rings. The zero-order valence-corrected chi connectivity index (χ0v) is 21.8. The lowest BCUT2D eigenvalue weighted by atomic mass is 9.73. The van der Waals surface area contributed by atoms with Gasteiger partial charge in [-0.3, -0.25) is 4.79 Å². The zero-order chi connectivity index (χ0) is 25.5. The van der Waals surface area contributed by atoms with Gasteiger partial charge in [0.25, 0.3) is 0 Å². The summed E-state index contributed by atoms with van der Waals surface area (Å²) >= 11 is 0. The summed E-state index contributed by atoms with van der Waals surface area (Å²) in [5, 5.41) is 0. The van der Waals surface area contributed by atoms with E-state index in [1.54, 1.807) is 31.4 Å². The molecule has 0 saturated carbocycles. The van der Waals surface area contributed by atoms with Crippen LogP contribution in [0.4, 0.5) is 0 Å². The van der Waals surface area contributed by atoms with E-state index >= 15 is 0 Å². The van der Waals surface area contributed by atoms with Gasteiger partial charge < -0.3 is 9.47 Å². The third-order valence-corrected chi connectivity index (χ3v) is 6.90. The molecule has 0 aromatic heterocycles. The molecule has 0 heterocycles. The van der Waals surface area contributed by atoms with Crippen molar-refractivity contribution in [1.29, 1.82) is 0 Å². The number of allylic oxidation sites excluding steroid dienone is 3. The molecule has 3 rings (SSSR count). The van der Waals surface area contributed by atoms with E-state index in [-0.39, 0.29) is 17.6 Å². The molecule has 2 aromatic carbocycles. The second kappa shape index (κ2) is 12.0. The Bertz CT molecular complexity index is 1110. The number of aryl methyl sites for hydroxylation is 1. The van der Waals surface area contributed by atoms with Crippen molar-refractivity contribution in [2.45, 2.75) is 72.1 Å². The van der Waals surface area contributed by atoms with Gasteiger partial charge in [0.15, 0.2) is 5.78 Å². The molecule has 1 aliphatic rings. The third kappa shape index (κ3) is 6.50. The lowest BCUT2D eigenvalue weighted by molar-refractivity contribution is 0.0731. The maximum absolute atomic E-state index is 13.2. The number of hydrogen-bond acceptors (Lipinski definition) is 4. The number of carbonyl (C=O) groups is 2. The molecular formula is C31H38O4. The highest BCUT2D eigenvalue weighted by Crippen LogP contribution is 2.47. The first kappa shape index (κ1) is 26.5. The molecule has 35 heavy (non-hydrogen) atoms. The second-order valence-corrected chi connectivity index (χ2v) is 9.72. The van der Waals surface area contributed by atoms with Crippen LogP contribution in [0.1, 0.15) is 97.6 Å². The van der Waals surface area contributed by atoms with E-state index in [1.165, 1.54) is 12.5 Å². The maximum Gasteiger partial charge on any atom is 0.343 e. The van der Waals surface area contributed by atoms with Crippen molar-refractivity contribution in [3.05, 3.63) is 82.5 Å². The van der Waals surface area contributed by atoms with E-state index in [0.717, 1.165) is 61.0 Å². The van der Waals surface area contributed by atoms with Gasteiger partial charge in [-0.1, -0.05) is 55.7 Å². The second-order valence-electron chi connectivity index (χ2n) is 9.72. The van der Waals surface area contributed by atoms with Crippen LogP contribution in [0.3, 0.4) is 0 Å². The van der Waals surface area contributed by atoms with E-state index < -0.39 is 5.97 Å². The number of Topliss-reactive ketones (excluding diaryl/α,β-unsaturated/α-hetero) is 1. The molecule has 0 saturated heterocycles. The van der Waals surface area contributed by atoms with Gasteiger partial charge in [0.05, 0.1) is 12.7 Å². The SMILES string of the molecule is C=C(C)[C@@H]1CCC(C)=C[C@H]1c1c(OC)cc(CCCCC)cc1OC(=O)c1ccc(C(C)=O)cc1. The molecule has 4 heteroatoms. The highest BCUT2D eigenvalue weighted by molar-refractivity contribution is 5.96. The number of hydrogen-bond donors (Lipinski definition) is 0. The Morgan fingerprint density at radius 1 is 1.03 bits per heavy atom. The lowest BCUT2D eigenvalue weighted by Crippen LogP contribution is -2.20. The number of methoxy groups -OCH3 is 1. The fraction of sp³-hybridized carbons (Fsp3) is 0.419. The first-order chi connectivity index (χ1) is 16.7. The maximum atomic E-state index is 13.2. The van der Waals surface area contributed by atoms with Gasteiger partial charge in [0.2, 0.25) is 0 Å². The molecule has 4 nitrogen and oxygen atoms in total. The molecule has 0 spiro atoms. The van der Waals surface area contributed by atoms with Gasteiger partial charge in [-0.2, -0.15) is 0 Å². The summed E-state index contributed by atoms with van der Waals surface area (Å²) in [6, 6.07) is 10.7. The number of esters is 1. The molecule has 2 aromatic rings. The van der Waals surface area contributed by atoms with Gasteiger partial charge in [-0.15, -0.1) is 0 Å². The van der Waals surface area contributed by atoms with Crippen molar-refractivity contribution >= 4 is 11.8 Å². The van der Waals surface area contributed by atoms with Crippen molar-refractivity contribution in [3.63, 3.8) is 0 Å². The number of unbranched alkanes of at least 4 members (excludes halogenated alkanes) is 2. The summed E-state index contributed by atoms with van der Waals surface area (Å²) in [7, 11) is 1.68.